The summed E-state index contributed by atoms with van der Waals surface area (Å²) in [4.78, 5) is 27.1. The first-order chi connectivity index (χ1) is 17.4. The monoisotopic (exact) mass is 467 g/mol. The van der Waals surface area contributed by atoms with Gasteiger partial charge in [0.05, 0.1) is 0 Å². The molecule has 4 aromatic carbocycles. The number of rotatable bonds is 4. The van der Waals surface area contributed by atoms with E-state index in [1.165, 1.54) is 16.7 Å². The molecule has 0 N–H and O–H groups in total. The van der Waals surface area contributed by atoms with Gasteiger partial charge in [-0.25, -0.2) is 15.0 Å². The molecule has 1 heterocycles. The van der Waals surface area contributed by atoms with Crippen LogP contribution in [0, 0.1) is 6.92 Å². The van der Waals surface area contributed by atoms with Gasteiger partial charge in [-0.05, 0) is 41.3 Å². The minimum Gasteiger partial charge on any atom is -0.289 e. The number of carbonyl (C=O) groups excluding carboxylic acids is 1. The van der Waals surface area contributed by atoms with Gasteiger partial charge in [-0.15, -0.1) is 0 Å². The van der Waals surface area contributed by atoms with Crippen LogP contribution in [-0.2, 0) is 5.41 Å². The molecule has 0 atom stereocenters. The van der Waals surface area contributed by atoms with Crippen molar-refractivity contribution in [3.8, 4) is 33.9 Å². The smallest absolute Gasteiger partial charge is 0.193 e. The van der Waals surface area contributed by atoms with E-state index in [-0.39, 0.29) is 11.2 Å². The Morgan fingerprint density at radius 3 is 1.89 bits per heavy atom. The molecular weight excluding hydrogens is 442 g/mol. The molecule has 0 radical (unpaired) electrons. The summed E-state index contributed by atoms with van der Waals surface area (Å²) in [5.74, 6) is 2.06. The second kappa shape index (κ2) is 8.35. The third kappa shape index (κ3) is 3.62. The molecule has 174 valence electrons. The average molecular weight is 468 g/mol. The van der Waals surface area contributed by atoms with E-state index >= 15 is 0 Å². The number of aromatic nitrogens is 3. The lowest BCUT2D eigenvalue weighted by Crippen LogP contribution is -2.16. The number of hydrogen-bond acceptors (Lipinski definition) is 4. The Morgan fingerprint density at radius 2 is 1.19 bits per heavy atom. The quantitative estimate of drug-likeness (QED) is 0.266. The fourth-order valence-electron chi connectivity index (χ4n) is 5.10. The van der Waals surface area contributed by atoms with E-state index in [0.717, 1.165) is 16.7 Å². The van der Waals surface area contributed by atoms with Crippen LogP contribution in [0.1, 0.15) is 46.7 Å². The van der Waals surface area contributed by atoms with Gasteiger partial charge in [0, 0.05) is 27.7 Å². The van der Waals surface area contributed by atoms with Crippen LogP contribution in [0.25, 0.3) is 33.9 Å². The Balaban J connectivity index is 1.41. The van der Waals surface area contributed by atoms with Crippen LogP contribution >= 0.6 is 0 Å². The Morgan fingerprint density at radius 1 is 0.611 bits per heavy atom. The van der Waals surface area contributed by atoms with Crippen molar-refractivity contribution in [2.24, 2.45) is 0 Å². The van der Waals surface area contributed by atoms with Crippen molar-refractivity contribution < 1.29 is 4.79 Å². The molecule has 0 bridgehead atoms. The molecule has 6 rings (SSSR count). The fourth-order valence-corrected chi connectivity index (χ4v) is 5.10. The first-order valence-corrected chi connectivity index (χ1v) is 12.1. The Bertz CT molecular complexity index is 1620. The predicted molar refractivity (Wildman–Crippen MR) is 143 cm³/mol. The molecular formula is C32H25N3O. The summed E-state index contributed by atoms with van der Waals surface area (Å²) in [5.41, 5.74) is 7.79. The van der Waals surface area contributed by atoms with Crippen molar-refractivity contribution in [2.75, 3.05) is 0 Å². The third-order valence-corrected chi connectivity index (χ3v) is 7.01. The van der Waals surface area contributed by atoms with E-state index in [0.29, 0.717) is 28.6 Å². The molecule has 0 unspecified atom stereocenters. The predicted octanol–water partition coefficient (Wildman–Crippen LogP) is 7.05. The zero-order valence-electron chi connectivity index (χ0n) is 20.5. The van der Waals surface area contributed by atoms with Gasteiger partial charge < -0.3 is 0 Å². The lowest BCUT2D eigenvalue weighted by Gasteiger charge is -2.22. The van der Waals surface area contributed by atoms with Gasteiger partial charge in [0.15, 0.2) is 17.4 Å². The molecule has 5 aromatic rings. The second-order valence-electron chi connectivity index (χ2n) is 9.74. The molecule has 0 amide bonds. The number of hydrogen-bond donors (Lipinski definition) is 0. The number of aryl methyl sites for hydroxylation is 1. The van der Waals surface area contributed by atoms with Gasteiger partial charge >= 0.3 is 0 Å². The molecule has 1 aliphatic rings. The molecule has 0 spiro atoms. The first kappa shape index (κ1) is 22.1. The van der Waals surface area contributed by atoms with E-state index in [4.69, 9.17) is 4.98 Å². The van der Waals surface area contributed by atoms with Crippen LogP contribution in [0.5, 0.6) is 0 Å². The fraction of sp³-hybridized carbons (Fsp3) is 0.125. The first-order valence-electron chi connectivity index (χ1n) is 12.1. The van der Waals surface area contributed by atoms with Crippen LogP contribution < -0.4 is 0 Å². The standard InChI is InChI=1S/C32H25N3O/c1-20-33-30(22-12-8-5-9-13-22)35-31(34-20)24-15-17-26-25-16-14-23(29(36)21-10-6-4-7-11-21)18-27(25)32(2,3)28(26)19-24/h4-19H,1-3H3. The minimum atomic E-state index is -0.266. The van der Waals surface area contributed by atoms with Crippen molar-refractivity contribution >= 4 is 5.78 Å². The zero-order valence-corrected chi connectivity index (χ0v) is 20.5. The maximum atomic E-state index is 13.1. The van der Waals surface area contributed by atoms with Crippen molar-refractivity contribution in [3.63, 3.8) is 0 Å². The van der Waals surface area contributed by atoms with E-state index in [1.54, 1.807) is 0 Å². The van der Waals surface area contributed by atoms with Crippen molar-refractivity contribution in [3.05, 3.63) is 125 Å². The summed E-state index contributed by atoms with van der Waals surface area (Å²) in [6.45, 7) is 6.33. The summed E-state index contributed by atoms with van der Waals surface area (Å²) >= 11 is 0. The number of ketones is 1. The number of nitrogens with zero attached hydrogens (tertiary/aromatic N) is 3. The second-order valence-corrected chi connectivity index (χ2v) is 9.74. The van der Waals surface area contributed by atoms with Gasteiger partial charge in [0.1, 0.15) is 5.82 Å². The topological polar surface area (TPSA) is 55.7 Å². The summed E-state index contributed by atoms with van der Waals surface area (Å²) in [6.07, 6.45) is 0. The lowest BCUT2D eigenvalue weighted by atomic mass is 9.81. The average Bonchev–Trinajstić information content (AvgIpc) is 3.14. The van der Waals surface area contributed by atoms with Gasteiger partial charge in [0.2, 0.25) is 0 Å². The third-order valence-electron chi connectivity index (χ3n) is 7.01. The van der Waals surface area contributed by atoms with Crippen molar-refractivity contribution in [1.29, 1.82) is 0 Å². The van der Waals surface area contributed by atoms with Crippen molar-refractivity contribution in [1.82, 2.24) is 15.0 Å². The van der Waals surface area contributed by atoms with E-state index in [1.807, 2.05) is 73.7 Å². The molecule has 0 fully saturated rings. The molecule has 36 heavy (non-hydrogen) atoms. The number of carbonyl (C=O) groups is 1. The maximum absolute atomic E-state index is 13.1. The van der Waals surface area contributed by atoms with Crippen LogP contribution in [0.3, 0.4) is 0 Å². The molecule has 0 saturated carbocycles. The molecule has 4 nitrogen and oxygen atoms in total. The molecule has 4 heteroatoms. The van der Waals surface area contributed by atoms with Crippen LogP contribution in [0.2, 0.25) is 0 Å². The number of fused-ring (bicyclic) bond motifs is 3. The lowest BCUT2D eigenvalue weighted by molar-refractivity contribution is 0.103. The SMILES string of the molecule is Cc1nc(-c2ccccc2)nc(-c2ccc3c(c2)C(C)(C)c2cc(C(=O)c4ccccc4)ccc2-3)n1. The Kier molecular flexibility index (Phi) is 5.11. The van der Waals surface area contributed by atoms with Gasteiger partial charge in [0.25, 0.3) is 0 Å². The van der Waals surface area contributed by atoms with Crippen LogP contribution in [-0.4, -0.2) is 20.7 Å². The summed E-state index contributed by atoms with van der Waals surface area (Å²) in [7, 11) is 0. The Hall–Kier alpha value is -4.44. The highest BCUT2D eigenvalue weighted by atomic mass is 16.1. The van der Waals surface area contributed by atoms with Crippen LogP contribution in [0.15, 0.2) is 97.1 Å². The summed E-state index contributed by atoms with van der Waals surface area (Å²) in [6, 6.07) is 31.9. The highest BCUT2D eigenvalue weighted by Crippen LogP contribution is 2.49. The molecule has 0 saturated heterocycles. The normalized spacial score (nSPS) is 13.2. The van der Waals surface area contributed by atoms with Crippen LogP contribution in [0.4, 0.5) is 0 Å². The van der Waals surface area contributed by atoms with Gasteiger partial charge in [-0.2, -0.15) is 0 Å². The van der Waals surface area contributed by atoms with Crippen molar-refractivity contribution in [2.45, 2.75) is 26.2 Å². The van der Waals surface area contributed by atoms with Gasteiger partial charge in [-0.1, -0.05) is 98.8 Å². The van der Waals surface area contributed by atoms with E-state index < -0.39 is 0 Å². The maximum Gasteiger partial charge on any atom is 0.193 e. The largest absolute Gasteiger partial charge is 0.289 e. The molecule has 1 aliphatic carbocycles. The molecule has 1 aromatic heterocycles. The number of benzene rings is 4. The minimum absolute atomic E-state index is 0.0416. The molecule has 0 aliphatic heterocycles. The highest BCUT2D eigenvalue weighted by Gasteiger charge is 2.36. The summed E-state index contributed by atoms with van der Waals surface area (Å²) in [5, 5.41) is 0. The Labute approximate surface area is 210 Å². The highest BCUT2D eigenvalue weighted by molar-refractivity contribution is 6.09. The zero-order chi connectivity index (χ0) is 24.9. The van der Waals surface area contributed by atoms with Gasteiger partial charge in [-0.3, -0.25) is 4.79 Å². The van der Waals surface area contributed by atoms with E-state index in [9.17, 15) is 4.79 Å². The summed E-state index contributed by atoms with van der Waals surface area (Å²) < 4.78 is 0. The van der Waals surface area contributed by atoms with E-state index in [2.05, 4.69) is 54.1 Å².